The maximum absolute atomic E-state index is 14.2. The third-order valence-corrected chi connectivity index (χ3v) is 5.66. The largest absolute Gasteiger partial charge is 0.465 e. The zero-order chi connectivity index (χ0) is 22.0. The summed E-state index contributed by atoms with van der Waals surface area (Å²) in [6, 6.07) is 12.8. The molecule has 0 radical (unpaired) electrons. The highest BCUT2D eigenvalue weighted by Crippen LogP contribution is 2.41. The van der Waals surface area contributed by atoms with E-state index in [0.717, 1.165) is 30.3 Å². The summed E-state index contributed by atoms with van der Waals surface area (Å²) in [4.78, 5) is 33.0. The van der Waals surface area contributed by atoms with Crippen LogP contribution in [0, 0.1) is 11.7 Å². The summed E-state index contributed by atoms with van der Waals surface area (Å²) < 4.78 is 21.3. The van der Waals surface area contributed by atoms with E-state index in [4.69, 9.17) is 9.72 Å². The number of hydrogen-bond donors (Lipinski definition) is 0. The van der Waals surface area contributed by atoms with Gasteiger partial charge in [-0.3, -0.25) is 14.5 Å². The number of ether oxygens (including phenoxy) is 1. The molecule has 6 nitrogen and oxygen atoms in total. The Morgan fingerprint density at radius 1 is 1.13 bits per heavy atom. The molecule has 31 heavy (non-hydrogen) atoms. The zero-order valence-corrected chi connectivity index (χ0v) is 17.8. The number of amides is 1. The first-order valence-electron chi connectivity index (χ1n) is 10.8. The Labute approximate surface area is 180 Å². The minimum absolute atomic E-state index is 0.159. The van der Waals surface area contributed by atoms with Crippen LogP contribution in [0.25, 0.3) is 11.0 Å². The number of anilines is 1. The lowest BCUT2D eigenvalue weighted by atomic mass is 9.89. The Morgan fingerprint density at radius 3 is 2.68 bits per heavy atom. The molecule has 1 aliphatic heterocycles. The second-order valence-corrected chi connectivity index (χ2v) is 7.70. The van der Waals surface area contributed by atoms with Crippen molar-refractivity contribution in [2.24, 2.45) is 5.92 Å². The van der Waals surface area contributed by atoms with E-state index >= 15 is 0 Å². The van der Waals surface area contributed by atoms with Gasteiger partial charge in [-0.2, -0.15) is 0 Å². The summed E-state index contributed by atoms with van der Waals surface area (Å²) in [5.41, 5.74) is 2.04. The molecule has 0 saturated heterocycles. The van der Waals surface area contributed by atoms with E-state index < -0.39 is 23.7 Å². The number of para-hydroxylation sites is 2. The van der Waals surface area contributed by atoms with E-state index in [1.807, 2.05) is 28.8 Å². The number of benzene rings is 2. The van der Waals surface area contributed by atoms with Crippen LogP contribution < -0.4 is 4.90 Å². The van der Waals surface area contributed by atoms with E-state index in [0.29, 0.717) is 18.1 Å². The van der Waals surface area contributed by atoms with Crippen LogP contribution in [0.2, 0.25) is 0 Å². The van der Waals surface area contributed by atoms with E-state index in [1.165, 1.54) is 12.1 Å². The van der Waals surface area contributed by atoms with Crippen LogP contribution in [0.3, 0.4) is 0 Å². The van der Waals surface area contributed by atoms with Gasteiger partial charge in [0.2, 0.25) is 11.9 Å². The number of rotatable bonds is 7. The number of nitrogens with zero attached hydrogens (tertiary/aromatic N) is 3. The molecule has 7 heteroatoms. The molecular formula is C24H26FN3O3. The van der Waals surface area contributed by atoms with Crippen LogP contribution in [-0.2, 0) is 14.3 Å². The summed E-state index contributed by atoms with van der Waals surface area (Å²) in [5, 5.41) is 0. The molecule has 0 saturated carbocycles. The molecule has 3 aromatic rings. The van der Waals surface area contributed by atoms with Crippen molar-refractivity contribution in [3.05, 3.63) is 59.9 Å². The van der Waals surface area contributed by atoms with Crippen molar-refractivity contribution in [3.63, 3.8) is 0 Å². The Bertz CT molecular complexity index is 1110. The van der Waals surface area contributed by atoms with Gasteiger partial charge in [-0.15, -0.1) is 0 Å². The Morgan fingerprint density at radius 2 is 1.94 bits per heavy atom. The quantitative estimate of drug-likeness (QED) is 0.319. The summed E-state index contributed by atoms with van der Waals surface area (Å²) in [6.45, 7) is 4.42. The maximum atomic E-state index is 14.2. The normalized spacial score (nSPS) is 18.3. The topological polar surface area (TPSA) is 64.4 Å². The second-order valence-electron chi connectivity index (χ2n) is 7.70. The van der Waals surface area contributed by atoms with Gasteiger partial charge < -0.3 is 9.30 Å². The lowest BCUT2D eigenvalue weighted by Crippen LogP contribution is -2.50. The molecule has 0 unspecified atom stereocenters. The fraction of sp³-hybridized carbons (Fsp3) is 0.375. The third-order valence-electron chi connectivity index (χ3n) is 5.66. The molecule has 0 N–H and O–H groups in total. The number of aromatic nitrogens is 2. The van der Waals surface area contributed by atoms with E-state index in [2.05, 4.69) is 6.92 Å². The second kappa shape index (κ2) is 8.88. The molecule has 2 atom stereocenters. The minimum Gasteiger partial charge on any atom is -0.465 e. The van der Waals surface area contributed by atoms with Gasteiger partial charge in [0.15, 0.2) is 5.92 Å². The Kier molecular flexibility index (Phi) is 6.02. The minimum atomic E-state index is -1.12. The highest BCUT2D eigenvalue weighted by atomic mass is 19.1. The number of halogens is 1. The van der Waals surface area contributed by atoms with Crippen LogP contribution >= 0.6 is 0 Å². The van der Waals surface area contributed by atoms with E-state index in [9.17, 15) is 14.0 Å². The molecule has 1 amide bonds. The van der Waals surface area contributed by atoms with Gasteiger partial charge in [0.25, 0.3) is 0 Å². The van der Waals surface area contributed by atoms with Gasteiger partial charge in [-0.05, 0) is 43.2 Å². The van der Waals surface area contributed by atoms with Crippen LogP contribution in [0.15, 0.2) is 48.5 Å². The highest BCUT2D eigenvalue weighted by molar-refractivity contribution is 6.08. The number of unbranched alkanes of at least 4 members (excludes halogenated alkanes) is 2. The van der Waals surface area contributed by atoms with Crippen molar-refractivity contribution in [1.29, 1.82) is 0 Å². The standard InChI is InChI=1S/C24H26FN3O3/c1-3-5-8-14-27-22(29)20(23(30)31-4-2)21(16-10-9-11-17(25)15-16)28-19-13-7-6-12-18(19)26-24(27)28/h6-7,9-13,15,20-21H,3-5,8,14H2,1-2H3/t20-,21+/m0/s1. The molecular weight excluding hydrogens is 397 g/mol. The number of carbonyl (C=O) groups excluding carboxylic acids is 2. The fourth-order valence-electron chi connectivity index (χ4n) is 4.27. The lowest BCUT2D eigenvalue weighted by Gasteiger charge is -2.38. The summed E-state index contributed by atoms with van der Waals surface area (Å²) in [5.74, 6) is -2.02. The van der Waals surface area contributed by atoms with Gasteiger partial charge in [-0.1, -0.05) is 44.0 Å². The molecule has 0 bridgehead atoms. The Hall–Kier alpha value is -3.22. The third kappa shape index (κ3) is 3.80. The first-order chi connectivity index (χ1) is 15.1. The van der Waals surface area contributed by atoms with Gasteiger partial charge in [0.05, 0.1) is 23.7 Å². The molecule has 1 aromatic heterocycles. The van der Waals surface area contributed by atoms with Crippen LogP contribution in [0.4, 0.5) is 10.3 Å². The highest BCUT2D eigenvalue weighted by Gasteiger charge is 2.47. The van der Waals surface area contributed by atoms with E-state index in [1.54, 1.807) is 24.0 Å². The lowest BCUT2D eigenvalue weighted by molar-refractivity contribution is -0.153. The SMILES string of the molecule is CCCCCN1C(=O)[C@@H](C(=O)OCC)[C@@H](c2cccc(F)c2)n2c1nc1ccccc12. The van der Waals surface area contributed by atoms with Gasteiger partial charge in [-0.25, -0.2) is 9.37 Å². The number of hydrogen-bond acceptors (Lipinski definition) is 4. The molecule has 2 heterocycles. The molecule has 2 aromatic carbocycles. The summed E-state index contributed by atoms with van der Waals surface area (Å²) in [7, 11) is 0. The number of fused-ring (bicyclic) bond motifs is 3. The van der Waals surface area contributed by atoms with Gasteiger partial charge in [0.1, 0.15) is 5.82 Å². The molecule has 0 aliphatic carbocycles. The predicted molar refractivity (Wildman–Crippen MR) is 116 cm³/mol. The molecule has 162 valence electrons. The average molecular weight is 423 g/mol. The summed E-state index contributed by atoms with van der Waals surface area (Å²) >= 11 is 0. The van der Waals surface area contributed by atoms with Crippen molar-refractivity contribution >= 4 is 28.9 Å². The first-order valence-corrected chi connectivity index (χ1v) is 10.8. The van der Waals surface area contributed by atoms with Crippen LogP contribution in [0.1, 0.15) is 44.7 Å². The van der Waals surface area contributed by atoms with Crippen molar-refractivity contribution < 1.29 is 18.7 Å². The molecule has 0 spiro atoms. The molecule has 0 fully saturated rings. The molecule has 1 aliphatic rings. The van der Waals surface area contributed by atoms with Crippen LogP contribution in [0.5, 0.6) is 0 Å². The number of imidazole rings is 1. The van der Waals surface area contributed by atoms with Crippen molar-refractivity contribution in [1.82, 2.24) is 9.55 Å². The van der Waals surface area contributed by atoms with Crippen molar-refractivity contribution in [2.75, 3.05) is 18.1 Å². The van der Waals surface area contributed by atoms with Crippen LogP contribution in [-0.4, -0.2) is 34.6 Å². The number of carbonyl (C=O) groups is 2. The van der Waals surface area contributed by atoms with Gasteiger partial charge >= 0.3 is 5.97 Å². The van der Waals surface area contributed by atoms with E-state index in [-0.39, 0.29) is 12.5 Å². The summed E-state index contributed by atoms with van der Waals surface area (Å²) in [6.07, 6.45) is 2.76. The van der Waals surface area contributed by atoms with Crippen molar-refractivity contribution in [3.8, 4) is 0 Å². The van der Waals surface area contributed by atoms with Crippen molar-refractivity contribution in [2.45, 2.75) is 39.2 Å². The Balaban J connectivity index is 1.94. The zero-order valence-electron chi connectivity index (χ0n) is 17.8. The molecule has 4 rings (SSSR count). The number of esters is 1. The van der Waals surface area contributed by atoms with Gasteiger partial charge in [0, 0.05) is 6.54 Å². The smallest absolute Gasteiger partial charge is 0.321 e. The average Bonchev–Trinajstić information content (AvgIpc) is 3.14. The first kappa shape index (κ1) is 21.0. The predicted octanol–water partition coefficient (Wildman–Crippen LogP) is 4.48. The maximum Gasteiger partial charge on any atom is 0.321 e. The monoisotopic (exact) mass is 423 g/mol. The fourth-order valence-corrected chi connectivity index (χ4v) is 4.27.